The lowest BCUT2D eigenvalue weighted by Gasteiger charge is -2.17. The summed E-state index contributed by atoms with van der Waals surface area (Å²) in [5.74, 6) is 1.67. The highest BCUT2D eigenvalue weighted by atomic mass is 32.1. The van der Waals surface area contributed by atoms with E-state index < -0.39 is 0 Å². The summed E-state index contributed by atoms with van der Waals surface area (Å²) in [5, 5.41) is 13.5. The molecule has 0 bridgehead atoms. The molecule has 0 radical (unpaired) electrons. The van der Waals surface area contributed by atoms with Gasteiger partial charge >= 0.3 is 0 Å². The molecule has 0 aliphatic heterocycles. The van der Waals surface area contributed by atoms with Gasteiger partial charge in [0.25, 0.3) is 0 Å². The van der Waals surface area contributed by atoms with Gasteiger partial charge in [0.2, 0.25) is 5.13 Å². The van der Waals surface area contributed by atoms with Gasteiger partial charge in [0.05, 0.1) is 0 Å². The zero-order valence-electron chi connectivity index (χ0n) is 9.81. The molecule has 1 aromatic rings. The number of hydrogen-bond donors (Lipinski definition) is 2. The molecule has 0 spiro atoms. The van der Waals surface area contributed by atoms with Crippen molar-refractivity contribution in [2.75, 3.05) is 11.9 Å². The van der Waals surface area contributed by atoms with Gasteiger partial charge in [0.15, 0.2) is 0 Å². The standard InChI is InChI=1S/C11H19N3OS/c1-7(2)10-13-11(16-14-10)12-9-5-3-4-8(9)6-15/h7-9,15H,3-6H2,1-2H3,(H,12,13,14). The Morgan fingerprint density at radius 2 is 2.31 bits per heavy atom. The molecule has 5 heteroatoms. The highest BCUT2D eigenvalue weighted by molar-refractivity contribution is 7.09. The third-order valence-electron chi connectivity index (χ3n) is 3.16. The average Bonchev–Trinajstić information content (AvgIpc) is 2.87. The Morgan fingerprint density at radius 1 is 1.50 bits per heavy atom. The van der Waals surface area contributed by atoms with E-state index in [1.165, 1.54) is 18.0 Å². The lowest BCUT2D eigenvalue weighted by molar-refractivity contribution is 0.222. The van der Waals surface area contributed by atoms with Gasteiger partial charge in [-0.05, 0) is 12.8 Å². The van der Waals surface area contributed by atoms with Crippen LogP contribution in [0.25, 0.3) is 0 Å². The summed E-state index contributed by atoms with van der Waals surface area (Å²) in [6, 6.07) is 0.373. The van der Waals surface area contributed by atoms with Crippen molar-refractivity contribution in [3.63, 3.8) is 0 Å². The highest BCUT2D eigenvalue weighted by Gasteiger charge is 2.27. The quantitative estimate of drug-likeness (QED) is 0.848. The van der Waals surface area contributed by atoms with Crippen molar-refractivity contribution in [2.24, 2.45) is 5.92 Å². The number of anilines is 1. The first kappa shape index (κ1) is 11.8. The largest absolute Gasteiger partial charge is 0.396 e. The Morgan fingerprint density at radius 3 is 2.94 bits per heavy atom. The zero-order chi connectivity index (χ0) is 11.5. The van der Waals surface area contributed by atoms with Gasteiger partial charge in [-0.25, -0.2) is 4.98 Å². The summed E-state index contributed by atoms with van der Waals surface area (Å²) in [4.78, 5) is 4.46. The topological polar surface area (TPSA) is 58.0 Å². The highest BCUT2D eigenvalue weighted by Crippen LogP contribution is 2.29. The van der Waals surface area contributed by atoms with E-state index >= 15 is 0 Å². The van der Waals surface area contributed by atoms with Gasteiger partial charge in [-0.2, -0.15) is 4.37 Å². The van der Waals surface area contributed by atoms with Crippen LogP contribution in [0.15, 0.2) is 0 Å². The van der Waals surface area contributed by atoms with Crippen LogP contribution < -0.4 is 5.32 Å². The van der Waals surface area contributed by atoms with Crippen LogP contribution in [0.5, 0.6) is 0 Å². The number of rotatable bonds is 4. The molecule has 1 aliphatic carbocycles. The minimum atomic E-state index is 0.271. The van der Waals surface area contributed by atoms with Gasteiger partial charge in [-0.1, -0.05) is 20.3 Å². The molecule has 4 nitrogen and oxygen atoms in total. The van der Waals surface area contributed by atoms with E-state index in [1.807, 2.05) is 0 Å². The Labute approximate surface area is 100 Å². The first-order chi connectivity index (χ1) is 7.70. The summed E-state index contributed by atoms with van der Waals surface area (Å²) < 4.78 is 4.31. The molecule has 1 aromatic heterocycles. The summed E-state index contributed by atoms with van der Waals surface area (Å²) in [6.45, 7) is 4.46. The Bertz CT molecular complexity index is 340. The van der Waals surface area contributed by atoms with Crippen LogP contribution in [0.1, 0.15) is 44.9 Å². The number of nitrogens with zero attached hydrogens (tertiary/aromatic N) is 2. The smallest absolute Gasteiger partial charge is 0.202 e. The summed E-state index contributed by atoms with van der Waals surface area (Å²) in [5.41, 5.74) is 0. The van der Waals surface area contributed by atoms with Crippen molar-refractivity contribution >= 4 is 16.7 Å². The van der Waals surface area contributed by atoms with E-state index in [0.29, 0.717) is 17.9 Å². The van der Waals surface area contributed by atoms with Crippen molar-refractivity contribution in [1.82, 2.24) is 9.36 Å². The summed E-state index contributed by atoms with van der Waals surface area (Å²) in [7, 11) is 0. The van der Waals surface area contributed by atoms with Crippen molar-refractivity contribution in [1.29, 1.82) is 0 Å². The molecule has 90 valence electrons. The van der Waals surface area contributed by atoms with E-state index in [9.17, 15) is 5.11 Å². The van der Waals surface area contributed by atoms with E-state index in [0.717, 1.165) is 23.8 Å². The SMILES string of the molecule is CC(C)c1nsc(NC2CCCC2CO)n1. The fourth-order valence-electron chi connectivity index (χ4n) is 2.13. The lowest BCUT2D eigenvalue weighted by atomic mass is 10.1. The fraction of sp³-hybridized carbons (Fsp3) is 0.818. The molecule has 2 atom stereocenters. The summed E-state index contributed by atoms with van der Waals surface area (Å²) in [6.07, 6.45) is 3.44. The van der Waals surface area contributed by atoms with Gasteiger partial charge in [0.1, 0.15) is 5.82 Å². The molecule has 2 unspecified atom stereocenters. The molecule has 1 aliphatic rings. The minimum absolute atomic E-state index is 0.271. The maximum absolute atomic E-state index is 9.24. The maximum atomic E-state index is 9.24. The van der Waals surface area contributed by atoms with Crippen LogP contribution >= 0.6 is 11.5 Å². The van der Waals surface area contributed by atoms with Crippen LogP contribution in [0.4, 0.5) is 5.13 Å². The monoisotopic (exact) mass is 241 g/mol. The number of aliphatic hydroxyl groups excluding tert-OH is 1. The van der Waals surface area contributed by atoms with Gasteiger partial charge < -0.3 is 10.4 Å². The zero-order valence-corrected chi connectivity index (χ0v) is 10.6. The van der Waals surface area contributed by atoms with Crippen LogP contribution in [-0.2, 0) is 0 Å². The summed E-state index contributed by atoms with van der Waals surface area (Å²) >= 11 is 1.42. The second-order valence-electron chi connectivity index (χ2n) is 4.74. The number of aliphatic hydroxyl groups is 1. The minimum Gasteiger partial charge on any atom is -0.396 e. The Kier molecular flexibility index (Phi) is 3.76. The molecule has 1 fully saturated rings. The molecular weight excluding hydrogens is 222 g/mol. The Balaban J connectivity index is 1.97. The van der Waals surface area contributed by atoms with Crippen molar-refractivity contribution < 1.29 is 5.11 Å². The van der Waals surface area contributed by atoms with Gasteiger partial charge in [-0.3, -0.25) is 0 Å². The second-order valence-corrected chi connectivity index (χ2v) is 5.49. The van der Waals surface area contributed by atoms with Crippen LogP contribution in [0, 0.1) is 5.92 Å². The van der Waals surface area contributed by atoms with Crippen molar-refractivity contribution in [3.8, 4) is 0 Å². The molecule has 1 heterocycles. The number of hydrogen-bond acceptors (Lipinski definition) is 5. The molecule has 1 saturated carbocycles. The second kappa shape index (κ2) is 5.10. The molecule has 16 heavy (non-hydrogen) atoms. The molecule has 0 amide bonds. The third kappa shape index (κ3) is 2.52. The van der Waals surface area contributed by atoms with Crippen LogP contribution in [0.2, 0.25) is 0 Å². The first-order valence-electron chi connectivity index (χ1n) is 5.91. The van der Waals surface area contributed by atoms with Gasteiger partial charge in [0, 0.05) is 36.0 Å². The fourth-order valence-corrected chi connectivity index (χ4v) is 2.90. The molecular formula is C11H19N3OS. The van der Waals surface area contributed by atoms with E-state index in [4.69, 9.17) is 0 Å². The van der Waals surface area contributed by atoms with Crippen LogP contribution in [-0.4, -0.2) is 27.1 Å². The van der Waals surface area contributed by atoms with Gasteiger partial charge in [-0.15, -0.1) is 0 Å². The molecule has 2 N–H and O–H groups in total. The predicted octanol–water partition coefficient (Wildman–Crippen LogP) is 2.23. The van der Waals surface area contributed by atoms with E-state index in [1.54, 1.807) is 0 Å². The first-order valence-corrected chi connectivity index (χ1v) is 6.69. The molecule has 0 saturated heterocycles. The van der Waals surface area contributed by atoms with Crippen molar-refractivity contribution in [3.05, 3.63) is 5.82 Å². The van der Waals surface area contributed by atoms with E-state index in [-0.39, 0.29) is 6.61 Å². The number of aromatic nitrogens is 2. The molecule has 0 aromatic carbocycles. The number of nitrogens with one attached hydrogen (secondary N) is 1. The average molecular weight is 241 g/mol. The molecule has 2 rings (SSSR count). The van der Waals surface area contributed by atoms with Crippen LogP contribution in [0.3, 0.4) is 0 Å². The van der Waals surface area contributed by atoms with Crippen molar-refractivity contribution in [2.45, 2.75) is 45.1 Å². The predicted molar refractivity (Wildman–Crippen MR) is 65.8 cm³/mol. The normalized spacial score (nSPS) is 25.2. The lowest BCUT2D eigenvalue weighted by Crippen LogP contribution is -2.26. The third-order valence-corrected chi connectivity index (χ3v) is 3.82. The van der Waals surface area contributed by atoms with E-state index in [2.05, 4.69) is 28.5 Å². The Hall–Kier alpha value is -0.680. The maximum Gasteiger partial charge on any atom is 0.202 e.